The molecule has 0 saturated carbocycles. The van der Waals surface area contributed by atoms with Crippen LogP contribution in [0, 0.1) is 25.2 Å². The molecule has 2 aromatic rings. The summed E-state index contributed by atoms with van der Waals surface area (Å²) < 4.78 is 5.41. The molecule has 7 heteroatoms. The zero-order valence-electron chi connectivity index (χ0n) is 18.5. The highest BCUT2D eigenvalue weighted by Crippen LogP contribution is 2.36. The third-order valence-electron chi connectivity index (χ3n) is 5.98. The number of benzene rings is 2. The van der Waals surface area contributed by atoms with E-state index in [1.807, 2.05) is 39.0 Å². The van der Waals surface area contributed by atoms with E-state index in [-0.39, 0.29) is 11.9 Å². The van der Waals surface area contributed by atoms with Gasteiger partial charge in [0.15, 0.2) is 0 Å². The number of amides is 3. The van der Waals surface area contributed by atoms with Crippen LogP contribution < -0.4 is 10.2 Å². The predicted octanol–water partition coefficient (Wildman–Crippen LogP) is 3.58. The zero-order chi connectivity index (χ0) is 22.8. The summed E-state index contributed by atoms with van der Waals surface area (Å²) in [5, 5.41) is 12.2. The normalized spacial score (nSPS) is 18.9. The van der Waals surface area contributed by atoms with Gasteiger partial charge in [0, 0.05) is 18.8 Å². The number of nitriles is 1. The van der Waals surface area contributed by atoms with Crippen LogP contribution >= 0.6 is 0 Å². The number of carbonyl (C=O) groups excluding carboxylic acids is 2. The molecule has 0 bridgehead atoms. The van der Waals surface area contributed by atoms with Gasteiger partial charge < -0.3 is 15.0 Å². The minimum Gasteiger partial charge on any atom is -0.378 e. The number of carbonyl (C=O) groups is 2. The summed E-state index contributed by atoms with van der Waals surface area (Å²) in [7, 11) is 0. The molecule has 2 heterocycles. The summed E-state index contributed by atoms with van der Waals surface area (Å²) in [6.07, 6.45) is 0. The number of urea groups is 1. The second-order valence-electron chi connectivity index (χ2n) is 8.15. The van der Waals surface area contributed by atoms with Crippen molar-refractivity contribution in [3.05, 3.63) is 76.0 Å². The quantitative estimate of drug-likeness (QED) is 0.807. The molecular weight excluding hydrogens is 404 g/mol. The molecule has 3 amide bonds. The van der Waals surface area contributed by atoms with Crippen LogP contribution in [0.25, 0.3) is 0 Å². The molecule has 2 aliphatic rings. The van der Waals surface area contributed by atoms with Crippen molar-refractivity contribution in [2.24, 2.45) is 0 Å². The van der Waals surface area contributed by atoms with Crippen LogP contribution in [0.1, 0.15) is 35.2 Å². The average Bonchev–Trinajstić information content (AvgIpc) is 2.80. The Labute approximate surface area is 187 Å². The van der Waals surface area contributed by atoms with Crippen molar-refractivity contribution in [3.63, 3.8) is 0 Å². The Morgan fingerprint density at radius 2 is 1.78 bits per heavy atom. The number of nitrogens with zero attached hydrogens (tertiary/aromatic N) is 3. The monoisotopic (exact) mass is 430 g/mol. The number of allylic oxidation sites excluding steroid dienone is 1. The molecular formula is C25H26N4O3. The van der Waals surface area contributed by atoms with E-state index in [9.17, 15) is 9.59 Å². The van der Waals surface area contributed by atoms with Gasteiger partial charge >= 0.3 is 6.03 Å². The molecule has 1 N–H and O–H groups in total. The van der Waals surface area contributed by atoms with Crippen LogP contribution in [0.2, 0.25) is 0 Å². The Hall–Kier alpha value is -3.63. The molecule has 0 aliphatic carbocycles. The largest absolute Gasteiger partial charge is 0.378 e. The number of morpholine rings is 1. The maximum atomic E-state index is 13.7. The molecule has 1 fully saturated rings. The molecule has 1 unspecified atom stereocenters. The first-order valence-electron chi connectivity index (χ1n) is 10.7. The van der Waals surface area contributed by atoms with Crippen molar-refractivity contribution in [3.8, 4) is 6.07 Å². The third kappa shape index (κ3) is 3.97. The van der Waals surface area contributed by atoms with Gasteiger partial charge in [-0.25, -0.2) is 4.79 Å². The van der Waals surface area contributed by atoms with Gasteiger partial charge in [-0.3, -0.25) is 9.69 Å². The summed E-state index contributed by atoms with van der Waals surface area (Å²) in [4.78, 5) is 30.3. The predicted molar refractivity (Wildman–Crippen MR) is 121 cm³/mol. The van der Waals surface area contributed by atoms with Crippen molar-refractivity contribution >= 4 is 17.6 Å². The summed E-state index contributed by atoms with van der Waals surface area (Å²) in [5.74, 6) is -0.116. The Kier molecular flexibility index (Phi) is 5.97. The summed E-state index contributed by atoms with van der Waals surface area (Å²) in [6, 6.07) is 14.1. The van der Waals surface area contributed by atoms with Crippen molar-refractivity contribution in [1.29, 1.82) is 5.26 Å². The lowest BCUT2D eigenvalue weighted by Gasteiger charge is -2.38. The molecule has 2 aliphatic heterocycles. The number of hydrogen-bond donors (Lipinski definition) is 1. The van der Waals surface area contributed by atoms with Gasteiger partial charge in [-0.15, -0.1) is 0 Å². The first-order valence-corrected chi connectivity index (χ1v) is 10.7. The fourth-order valence-electron chi connectivity index (χ4n) is 4.30. The second-order valence-corrected chi connectivity index (χ2v) is 8.15. The first-order chi connectivity index (χ1) is 15.4. The topological polar surface area (TPSA) is 85.7 Å². The van der Waals surface area contributed by atoms with Gasteiger partial charge in [0.05, 0.1) is 42.1 Å². The van der Waals surface area contributed by atoms with E-state index in [0.29, 0.717) is 43.1 Å². The molecule has 1 atom stereocenters. The van der Waals surface area contributed by atoms with Gasteiger partial charge in [-0.2, -0.15) is 5.26 Å². The molecule has 0 radical (unpaired) electrons. The summed E-state index contributed by atoms with van der Waals surface area (Å²) >= 11 is 0. The van der Waals surface area contributed by atoms with E-state index in [0.717, 1.165) is 22.4 Å². The Balaban J connectivity index is 1.83. The maximum absolute atomic E-state index is 13.7. The lowest BCUT2D eigenvalue weighted by Crippen LogP contribution is -2.51. The van der Waals surface area contributed by atoms with Crippen LogP contribution in [0.4, 0.5) is 10.5 Å². The molecule has 1 saturated heterocycles. The fraction of sp³-hybridized carbons (Fsp3) is 0.320. The number of rotatable bonds is 3. The minimum atomic E-state index is -0.604. The van der Waals surface area contributed by atoms with Crippen molar-refractivity contribution < 1.29 is 14.3 Å². The number of aryl methyl sites for hydroxylation is 2. The Morgan fingerprint density at radius 1 is 1.09 bits per heavy atom. The molecule has 32 heavy (non-hydrogen) atoms. The second kappa shape index (κ2) is 8.85. The Morgan fingerprint density at radius 3 is 2.41 bits per heavy atom. The number of ether oxygens (including phenoxy) is 1. The van der Waals surface area contributed by atoms with Crippen molar-refractivity contribution in [2.45, 2.75) is 26.8 Å². The lowest BCUT2D eigenvalue weighted by molar-refractivity contribution is -0.131. The van der Waals surface area contributed by atoms with E-state index in [4.69, 9.17) is 10.00 Å². The zero-order valence-corrected chi connectivity index (χ0v) is 18.5. The van der Waals surface area contributed by atoms with Crippen LogP contribution in [-0.2, 0) is 9.53 Å². The van der Waals surface area contributed by atoms with Crippen molar-refractivity contribution in [1.82, 2.24) is 10.2 Å². The third-order valence-corrected chi connectivity index (χ3v) is 5.98. The smallest absolute Gasteiger partial charge is 0.327 e. The van der Waals surface area contributed by atoms with Gasteiger partial charge in [-0.05, 0) is 50.1 Å². The highest BCUT2D eigenvalue weighted by atomic mass is 16.5. The van der Waals surface area contributed by atoms with E-state index >= 15 is 0 Å². The molecule has 0 spiro atoms. The number of hydrogen-bond acceptors (Lipinski definition) is 4. The van der Waals surface area contributed by atoms with Gasteiger partial charge in [0.2, 0.25) is 0 Å². The van der Waals surface area contributed by atoms with E-state index < -0.39 is 6.04 Å². The van der Waals surface area contributed by atoms with Gasteiger partial charge in [-0.1, -0.05) is 29.8 Å². The van der Waals surface area contributed by atoms with Crippen molar-refractivity contribution in [2.75, 3.05) is 31.2 Å². The van der Waals surface area contributed by atoms with E-state index in [1.54, 1.807) is 34.1 Å². The van der Waals surface area contributed by atoms with Crippen LogP contribution in [0.15, 0.2) is 53.7 Å². The maximum Gasteiger partial charge on any atom is 0.327 e. The SMILES string of the molecule is CC1=C(C(=O)N2CCOCC2)C(c2ccc(C#N)cc2)NC(=O)N1c1ccc(C)cc1C. The molecule has 2 aromatic carbocycles. The van der Waals surface area contributed by atoms with Crippen LogP contribution in [0.3, 0.4) is 0 Å². The van der Waals surface area contributed by atoms with Crippen LogP contribution in [0.5, 0.6) is 0 Å². The summed E-state index contributed by atoms with van der Waals surface area (Å²) in [5.41, 5.74) is 5.21. The molecule has 0 aromatic heterocycles. The Bertz CT molecular complexity index is 1120. The standard InChI is InChI=1S/C25H26N4O3/c1-16-4-9-21(17(2)14-16)29-18(3)22(24(30)28-10-12-32-13-11-28)23(27-25(29)31)20-7-5-19(15-26)6-8-20/h4-9,14,23H,10-13H2,1-3H3,(H,27,31). The minimum absolute atomic E-state index is 0.116. The first kappa shape index (κ1) is 21.6. The molecule has 4 rings (SSSR count). The fourth-order valence-corrected chi connectivity index (χ4v) is 4.30. The lowest BCUT2D eigenvalue weighted by atomic mass is 9.92. The number of nitrogens with one attached hydrogen (secondary N) is 1. The van der Waals surface area contributed by atoms with E-state index in [2.05, 4.69) is 11.4 Å². The van der Waals surface area contributed by atoms with Gasteiger partial charge in [0.25, 0.3) is 5.91 Å². The van der Waals surface area contributed by atoms with E-state index in [1.165, 1.54) is 0 Å². The summed E-state index contributed by atoms with van der Waals surface area (Å²) in [6.45, 7) is 7.78. The highest BCUT2D eigenvalue weighted by molar-refractivity contribution is 6.05. The molecule has 164 valence electrons. The highest BCUT2D eigenvalue weighted by Gasteiger charge is 2.38. The molecule has 7 nitrogen and oxygen atoms in total. The average molecular weight is 431 g/mol. The van der Waals surface area contributed by atoms with Crippen LogP contribution in [-0.4, -0.2) is 43.1 Å². The number of anilines is 1. The van der Waals surface area contributed by atoms with Gasteiger partial charge in [0.1, 0.15) is 0 Å².